The molecule has 0 atom stereocenters. The maximum absolute atomic E-state index is 5.31. The van der Waals surface area contributed by atoms with Crippen LogP contribution in [0, 0.1) is 0 Å². The van der Waals surface area contributed by atoms with Crippen LogP contribution in [0.15, 0.2) is 36.5 Å². The molecule has 1 aromatic carbocycles. The van der Waals surface area contributed by atoms with E-state index in [1.807, 2.05) is 36.5 Å². The molecule has 0 amide bonds. The van der Waals surface area contributed by atoms with Gasteiger partial charge in [0.1, 0.15) is 11.5 Å². The van der Waals surface area contributed by atoms with Crippen LogP contribution in [-0.4, -0.2) is 19.2 Å². The van der Waals surface area contributed by atoms with E-state index in [1.54, 1.807) is 14.2 Å². The number of ether oxygens (including phenoxy) is 2. The second-order valence-corrected chi connectivity index (χ2v) is 3.62. The van der Waals surface area contributed by atoms with Crippen LogP contribution in [0.4, 0.5) is 5.69 Å². The van der Waals surface area contributed by atoms with E-state index >= 15 is 0 Å². The van der Waals surface area contributed by atoms with E-state index in [0.717, 1.165) is 29.4 Å². The molecule has 0 saturated carbocycles. The van der Waals surface area contributed by atoms with Crippen molar-refractivity contribution < 1.29 is 9.47 Å². The van der Waals surface area contributed by atoms with Crippen LogP contribution in [0.2, 0.25) is 0 Å². The maximum atomic E-state index is 5.31. The monoisotopic (exact) mass is 232 g/mol. The Bertz CT molecular complexity index is 466. The molecule has 0 fully saturated rings. The first-order valence-corrected chi connectivity index (χ1v) is 5.41. The summed E-state index contributed by atoms with van der Waals surface area (Å²) in [6, 6.07) is 9.71. The summed E-state index contributed by atoms with van der Waals surface area (Å²) in [5.41, 5.74) is 2.07. The average Bonchev–Trinajstić information content (AvgIpc) is 2.89. The predicted octanol–water partition coefficient (Wildman–Crippen LogP) is 2.64. The van der Waals surface area contributed by atoms with Gasteiger partial charge in [-0.1, -0.05) is 0 Å². The molecule has 4 heteroatoms. The van der Waals surface area contributed by atoms with E-state index in [-0.39, 0.29) is 0 Å². The van der Waals surface area contributed by atoms with Gasteiger partial charge in [0.2, 0.25) is 0 Å². The number of nitrogens with one attached hydrogen (secondary N) is 2. The van der Waals surface area contributed by atoms with Gasteiger partial charge < -0.3 is 19.8 Å². The molecule has 0 radical (unpaired) electrons. The topological polar surface area (TPSA) is 46.3 Å². The van der Waals surface area contributed by atoms with Gasteiger partial charge >= 0.3 is 0 Å². The van der Waals surface area contributed by atoms with E-state index in [0.29, 0.717) is 0 Å². The lowest BCUT2D eigenvalue weighted by Gasteiger charge is -2.11. The Labute approximate surface area is 101 Å². The zero-order valence-electron chi connectivity index (χ0n) is 9.99. The van der Waals surface area contributed by atoms with E-state index in [2.05, 4.69) is 10.3 Å². The minimum Gasteiger partial charge on any atom is -0.497 e. The normalized spacial score (nSPS) is 10.0. The van der Waals surface area contributed by atoms with E-state index in [4.69, 9.17) is 9.47 Å². The minimum absolute atomic E-state index is 0.732. The predicted molar refractivity (Wildman–Crippen MR) is 67.7 cm³/mol. The number of hydrogen-bond acceptors (Lipinski definition) is 3. The molecule has 2 rings (SSSR count). The molecule has 0 unspecified atom stereocenters. The maximum Gasteiger partial charge on any atom is 0.145 e. The molecule has 0 aliphatic heterocycles. The summed E-state index contributed by atoms with van der Waals surface area (Å²) < 4.78 is 10.5. The smallest absolute Gasteiger partial charge is 0.145 e. The van der Waals surface area contributed by atoms with E-state index in [9.17, 15) is 0 Å². The molecule has 1 heterocycles. The van der Waals surface area contributed by atoms with Crippen LogP contribution in [0.3, 0.4) is 0 Å². The highest BCUT2D eigenvalue weighted by Gasteiger charge is 2.04. The molecule has 4 nitrogen and oxygen atoms in total. The molecule has 0 spiro atoms. The van der Waals surface area contributed by atoms with Crippen molar-refractivity contribution in [3.05, 3.63) is 42.2 Å². The number of methoxy groups -OCH3 is 2. The highest BCUT2D eigenvalue weighted by molar-refractivity contribution is 5.59. The Morgan fingerprint density at radius 3 is 2.71 bits per heavy atom. The molecule has 2 N–H and O–H groups in total. The van der Waals surface area contributed by atoms with Crippen LogP contribution in [0.1, 0.15) is 5.69 Å². The number of aromatic nitrogens is 1. The van der Waals surface area contributed by atoms with Crippen molar-refractivity contribution in [3.63, 3.8) is 0 Å². The Morgan fingerprint density at radius 2 is 2.06 bits per heavy atom. The van der Waals surface area contributed by atoms with Gasteiger partial charge in [-0.15, -0.1) is 0 Å². The SMILES string of the molecule is COc1ccc(NCc2ccc[nH]2)c(OC)c1. The van der Waals surface area contributed by atoms with Gasteiger partial charge in [0.05, 0.1) is 26.5 Å². The number of benzene rings is 1. The number of rotatable bonds is 5. The van der Waals surface area contributed by atoms with Crippen molar-refractivity contribution in [2.24, 2.45) is 0 Å². The average molecular weight is 232 g/mol. The second kappa shape index (κ2) is 5.30. The molecule has 90 valence electrons. The first kappa shape index (κ1) is 11.4. The summed E-state index contributed by atoms with van der Waals surface area (Å²) in [6.07, 6.45) is 1.91. The van der Waals surface area contributed by atoms with Gasteiger partial charge in [-0.05, 0) is 24.3 Å². The fourth-order valence-corrected chi connectivity index (χ4v) is 1.61. The molecule has 2 aromatic rings. The number of anilines is 1. The molecule has 0 aliphatic carbocycles. The molecule has 0 bridgehead atoms. The Kier molecular flexibility index (Phi) is 3.55. The first-order valence-electron chi connectivity index (χ1n) is 5.41. The first-order chi connectivity index (χ1) is 8.33. The Hall–Kier alpha value is -2.10. The Balaban J connectivity index is 2.09. The fourth-order valence-electron chi connectivity index (χ4n) is 1.61. The third kappa shape index (κ3) is 2.72. The van der Waals surface area contributed by atoms with Crippen LogP contribution < -0.4 is 14.8 Å². The number of aromatic amines is 1. The molecule has 17 heavy (non-hydrogen) atoms. The van der Waals surface area contributed by atoms with E-state index in [1.165, 1.54) is 0 Å². The van der Waals surface area contributed by atoms with E-state index < -0.39 is 0 Å². The van der Waals surface area contributed by atoms with Crippen molar-refractivity contribution in [1.82, 2.24) is 4.98 Å². The van der Waals surface area contributed by atoms with Gasteiger partial charge in [0.15, 0.2) is 0 Å². The third-order valence-corrected chi connectivity index (χ3v) is 2.54. The fraction of sp³-hybridized carbons (Fsp3) is 0.231. The highest BCUT2D eigenvalue weighted by Crippen LogP contribution is 2.29. The van der Waals surface area contributed by atoms with Crippen molar-refractivity contribution >= 4 is 5.69 Å². The molecular weight excluding hydrogens is 216 g/mol. The Morgan fingerprint density at radius 1 is 1.18 bits per heavy atom. The van der Waals surface area contributed by atoms with Crippen molar-refractivity contribution in [1.29, 1.82) is 0 Å². The number of hydrogen-bond donors (Lipinski definition) is 2. The van der Waals surface area contributed by atoms with Gasteiger partial charge in [0.25, 0.3) is 0 Å². The lowest BCUT2D eigenvalue weighted by Crippen LogP contribution is -2.01. The van der Waals surface area contributed by atoms with Crippen LogP contribution >= 0.6 is 0 Å². The summed E-state index contributed by atoms with van der Waals surface area (Å²) in [4.78, 5) is 3.14. The standard InChI is InChI=1S/C13H16N2O2/c1-16-11-5-6-12(13(8-11)17-2)15-9-10-4-3-7-14-10/h3-8,14-15H,9H2,1-2H3. The summed E-state index contributed by atoms with van der Waals surface area (Å²) >= 11 is 0. The van der Waals surface area contributed by atoms with Gasteiger partial charge in [-0.25, -0.2) is 0 Å². The zero-order valence-corrected chi connectivity index (χ0v) is 9.99. The summed E-state index contributed by atoms with van der Waals surface area (Å²) in [5.74, 6) is 1.56. The van der Waals surface area contributed by atoms with Crippen LogP contribution in [0.5, 0.6) is 11.5 Å². The number of H-pyrrole nitrogens is 1. The van der Waals surface area contributed by atoms with Crippen molar-refractivity contribution in [2.75, 3.05) is 19.5 Å². The molecular formula is C13H16N2O2. The van der Waals surface area contributed by atoms with Crippen molar-refractivity contribution in [2.45, 2.75) is 6.54 Å². The summed E-state index contributed by atoms with van der Waals surface area (Å²) in [6.45, 7) is 0.732. The third-order valence-electron chi connectivity index (χ3n) is 2.54. The van der Waals surface area contributed by atoms with Gasteiger partial charge in [-0.2, -0.15) is 0 Å². The van der Waals surface area contributed by atoms with Gasteiger partial charge in [0, 0.05) is 18.0 Å². The molecule has 0 saturated heterocycles. The van der Waals surface area contributed by atoms with Gasteiger partial charge in [-0.3, -0.25) is 0 Å². The second-order valence-electron chi connectivity index (χ2n) is 3.62. The molecule has 1 aromatic heterocycles. The highest BCUT2D eigenvalue weighted by atomic mass is 16.5. The van der Waals surface area contributed by atoms with Crippen LogP contribution in [0.25, 0.3) is 0 Å². The minimum atomic E-state index is 0.732. The summed E-state index contributed by atoms with van der Waals surface area (Å²) in [7, 11) is 3.29. The quantitative estimate of drug-likeness (QED) is 0.833. The zero-order chi connectivity index (χ0) is 12.1. The largest absolute Gasteiger partial charge is 0.497 e. The lowest BCUT2D eigenvalue weighted by molar-refractivity contribution is 0.395. The molecule has 0 aliphatic rings. The van der Waals surface area contributed by atoms with Crippen LogP contribution in [-0.2, 0) is 6.54 Å². The van der Waals surface area contributed by atoms with Crippen molar-refractivity contribution in [3.8, 4) is 11.5 Å². The summed E-state index contributed by atoms with van der Waals surface area (Å²) in [5, 5.41) is 3.31. The lowest BCUT2D eigenvalue weighted by atomic mass is 10.2.